The van der Waals surface area contributed by atoms with Crippen molar-refractivity contribution in [2.75, 3.05) is 45.2 Å². The number of anilines is 1. The molecule has 0 bridgehead atoms. The fourth-order valence-corrected chi connectivity index (χ4v) is 6.63. The van der Waals surface area contributed by atoms with Crippen LogP contribution in [0.1, 0.15) is 47.2 Å². The SMILES string of the molecule is CN1Cc2cc(-c3cc(C(F)(F)F)c(N[C@@H]4C[C@@H]5CN(CC6CCOCC6)C[C@@H]5C4)nn3)ccc2C1=O. The van der Waals surface area contributed by atoms with E-state index < -0.39 is 11.7 Å². The second-order valence-corrected chi connectivity index (χ2v) is 11.1. The number of nitrogens with zero attached hydrogens (tertiary/aromatic N) is 4. The molecule has 4 aliphatic rings. The highest BCUT2D eigenvalue weighted by Crippen LogP contribution is 2.42. The molecule has 1 aromatic heterocycles. The Morgan fingerprint density at radius 1 is 1.08 bits per heavy atom. The zero-order valence-electron chi connectivity index (χ0n) is 20.9. The number of hydrogen-bond donors (Lipinski definition) is 1. The Labute approximate surface area is 214 Å². The Kier molecular flexibility index (Phi) is 6.35. The molecule has 1 N–H and O–H groups in total. The van der Waals surface area contributed by atoms with Crippen molar-refractivity contribution in [3.63, 3.8) is 0 Å². The first kappa shape index (κ1) is 24.6. The molecule has 1 aromatic carbocycles. The molecular formula is C27H32F3N5O2. The van der Waals surface area contributed by atoms with Gasteiger partial charge in [-0.1, -0.05) is 6.07 Å². The summed E-state index contributed by atoms with van der Waals surface area (Å²) in [5.74, 6) is 1.42. The maximum atomic E-state index is 14.1. The molecule has 1 amide bonds. The van der Waals surface area contributed by atoms with E-state index in [-0.39, 0.29) is 23.5 Å². The number of aromatic nitrogens is 2. The van der Waals surface area contributed by atoms with E-state index in [9.17, 15) is 18.0 Å². The molecule has 2 aromatic rings. The second kappa shape index (κ2) is 9.54. The van der Waals surface area contributed by atoms with Crippen molar-refractivity contribution in [1.82, 2.24) is 20.0 Å². The van der Waals surface area contributed by atoms with Crippen LogP contribution in [0.15, 0.2) is 24.3 Å². The number of nitrogens with one attached hydrogen (secondary N) is 1. The van der Waals surface area contributed by atoms with Gasteiger partial charge in [0.25, 0.3) is 5.91 Å². The van der Waals surface area contributed by atoms with E-state index in [0.29, 0.717) is 35.4 Å². The lowest BCUT2D eigenvalue weighted by atomic mass is 10.00. The molecule has 37 heavy (non-hydrogen) atoms. The van der Waals surface area contributed by atoms with Gasteiger partial charge < -0.3 is 19.9 Å². The van der Waals surface area contributed by atoms with Crippen LogP contribution in [0.5, 0.6) is 0 Å². The third-order valence-corrected chi connectivity index (χ3v) is 8.51. The molecule has 0 radical (unpaired) electrons. The van der Waals surface area contributed by atoms with Crippen LogP contribution in [0.2, 0.25) is 0 Å². The Bertz CT molecular complexity index is 1170. The largest absolute Gasteiger partial charge is 0.420 e. The highest BCUT2D eigenvalue weighted by Gasteiger charge is 2.43. The highest BCUT2D eigenvalue weighted by molar-refractivity contribution is 5.98. The van der Waals surface area contributed by atoms with Crippen LogP contribution in [0, 0.1) is 17.8 Å². The lowest BCUT2D eigenvalue weighted by Crippen LogP contribution is -2.32. The first-order valence-electron chi connectivity index (χ1n) is 13.1. The number of benzene rings is 1. The first-order valence-corrected chi connectivity index (χ1v) is 13.1. The third-order valence-electron chi connectivity index (χ3n) is 8.51. The van der Waals surface area contributed by atoms with Crippen LogP contribution in [0.3, 0.4) is 0 Å². The minimum Gasteiger partial charge on any atom is -0.381 e. The zero-order valence-corrected chi connectivity index (χ0v) is 20.9. The molecule has 4 heterocycles. The molecule has 0 spiro atoms. The number of likely N-dealkylation sites (tertiary alicyclic amines) is 1. The van der Waals surface area contributed by atoms with E-state index in [1.54, 1.807) is 30.1 Å². The molecule has 2 saturated heterocycles. The van der Waals surface area contributed by atoms with E-state index in [1.165, 1.54) is 0 Å². The number of rotatable bonds is 5. The molecule has 3 atom stereocenters. The predicted octanol–water partition coefficient (Wildman–Crippen LogP) is 4.30. The molecule has 1 saturated carbocycles. The highest BCUT2D eigenvalue weighted by atomic mass is 19.4. The molecule has 7 nitrogen and oxygen atoms in total. The van der Waals surface area contributed by atoms with Gasteiger partial charge in [0.15, 0.2) is 5.82 Å². The Balaban J connectivity index is 1.14. The number of fused-ring (bicyclic) bond motifs is 2. The predicted molar refractivity (Wildman–Crippen MR) is 132 cm³/mol. The van der Waals surface area contributed by atoms with Gasteiger partial charge >= 0.3 is 6.18 Å². The number of alkyl halides is 3. The number of hydrogen-bond acceptors (Lipinski definition) is 6. The van der Waals surface area contributed by atoms with Crippen molar-refractivity contribution in [2.24, 2.45) is 17.8 Å². The molecule has 10 heteroatoms. The second-order valence-electron chi connectivity index (χ2n) is 11.1. The normalized spacial score (nSPS) is 26.5. The summed E-state index contributed by atoms with van der Waals surface area (Å²) in [6.07, 6.45) is -0.629. The summed E-state index contributed by atoms with van der Waals surface area (Å²) in [6.45, 7) is 5.27. The Morgan fingerprint density at radius 3 is 2.51 bits per heavy atom. The monoisotopic (exact) mass is 515 g/mol. The quantitative estimate of drug-likeness (QED) is 0.641. The van der Waals surface area contributed by atoms with Gasteiger partial charge in [-0.25, -0.2) is 0 Å². The van der Waals surface area contributed by atoms with Crippen LogP contribution < -0.4 is 5.32 Å². The van der Waals surface area contributed by atoms with Crippen molar-refractivity contribution in [1.29, 1.82) is 0 Å². The van der Waals surface area contributed by atoms with Crippen molar-refractivity contribution in [2.45, 2.75) is 44.4 Å². The van der Waals surface area contributed by atoms with Crippen LogP contribution in [-0.2, 0) is 17.5 Å². The molecule has 198 valence electrons. The summed E-state index contributed by atoms with van der Waals surface area (Å²) in [6, 6.07) is 6.06. The number of carbonyl (C=O) groups excluding carboxylic acids is 1. The van der Waals surface area contributed by atoms with Crippen LogP contribution in [0.25, 0.3) is 11.3 Å². The van der Waals surface area contributed by atoms with Crippen LogP contribution in [0.4, 0.5) is 19.0 Å². The fourth-order valence-electron chi connectivity index (χ4n) is 6.63. The molecule has 0 unspecified atom stereocenters. The van der Waals surface area contributed by atoms with Gasteiger partial charge in [0.1, 0.15) is 5.56 Å². The number of carbonyl (C=O) groups is 1. The molecular weight excluding hydrogens is 483 g/mol. The van der Waals surface area contributed by atoms with Gasteiger partial charge in [-0.05, 0) is 67.2 Å². The average molecular weight is 516 g/mol. The Hall–Kier alpha value is -2.72. The summed E-state index contributed by atoms with van der Waals surface area (Å²) in [5.41, 5.74) is 1.23. The van der Waals surface area contributed by atoms with E-state index in [1.807, 2.05) is 0 Å². The smallest absolute Gasteiger partial charge is 0.381 e. The minimum atomic E-state index is -4.56. The summed E-state index contributed by atoms with van der Waals surface area (Å²) in [7, 11) is 1.70. The maximum absolute atomic E-state index is 14.1. The first-order chi connectivity index (χ1) is 17.7. The third kappa shape index (κ3) is 4.93. The van der Waals surface area contributed by atoms with Gasteiger partial charge in [0, 0.05) is 63.6 Å². The lowest BCUT2D eigenvalue weighted by molar-refractivity contribution is -0.137. The van der Waals surface area contributed by atoms with Crippen molar-refractivity contribution >= 4 is 11.7 Å². The zero-order chi connectivity index (χ0) is 25.7. The summed E-state index contributed by atoms with van der Waals surface area (Å²) in [5, 5.41) is 11.3. The van der Waals surface area contributed by atoms with E-state index in [4.69, 9.17) is 4.74 Å². The van der Waals surface area contributed by atoms with Crippen molar-refractivity contribution < 1.29 is 22.7 Å². The lowest BCUT2D eigenvalue weighted by Gasteiger charge is -2.28. The average Bonchev–Trinajstić information content (AvgIpc) is 3.50. The summed E-state index contributed by atoms with van der Waals surface area (Å²) in [4.78, 5) is 16.3. The minimum absolute atomic E-state index is 0.0389. The Morgan fingerprint density at radius 2 is 1.81 bits per heavy atom. The van der Waals surface area contributed by atoms with Gasteiger partial charge in [-0.3, -0.25) is 4.79 Å². The van der Waals surface area contributed by atoms with E-state index in [0.717, 1.165) is 70.2 Å². The van der Waals surface area contributed by atoms with Crippen LogP contribution in [-0.4, -0.2) is 71.8 Å². The number of halogens is 3. The van der Waals surface area contributed by atoms with E-state index >= 15 is 0 Å². The molecule has 3 fully saturated rings. The van der Waals surface area contributed by atoms with Crippen molar-refractivity contribution in [3.8, 4) is 11.3 Å². The topological polar surface area (TPSA) is 70.6 Å². The maximum Gasteiger partial charge on any atom is 0.420 e. The van der Waals surface area contributed by atoms with E-state index in [2.05, 4.69) is 20.4 Å². The van der Waals surface area contributed by atoms with Crippen molar-refractivity contribution in [3.05, 3.63) is 41.0 Å². The number of ether oxygens (including phenoxy) is 1. The molecule has 1 aliphatic carbocycles. The standard InChI is InChI=1S/C27H32F3N5O2/c1-34-13-20-8-17(2-3-22(20)26(34)36)24-11-23(27(28,29)30)25(33-32-24)31-21-9-18-14-35(15-19(18)10-21)12-16-4-6-37-7-5-16/h2-3,8,11,16,18-19,21H,4-7,9-10,12-15H2,1H3,(H,31,33)/t18-,19+,21-. The molecule has 6 rings (SSSR count). The van der Waals surface area contributed by atoms with Gasteiger partial charge in [-0.2, -0.15) is 13.2 Å². The van der Waals surface area contributed by atoms with Gasteiger partial charge in [0.2, 0.25) is 0 Å². The fraction of sp³-hybridized carbons (Fsp3) is 0.593. The number of amides is 1. The molecule has 3 aliphatic heterocycles. The van der Waals surface area contributed by atoms with Gasteiger partial charge in [-0.15, -0.1) is 10.2 Å². The van der Waals surface area contributed by atoms with Gasteiger partial charge in [0.05, 0.1) is 5.69 Å². The summed E-state index contributed by atoms with van der Waals surface area (Å²) >= 11 is 0. The van der Waals surface area contributed by atoms with Crippen LogP contribution >= 0.6 is 0 Å². The summed E-state index contributed by atoms with van der Waals surface area (Å²) < 4.78 is 47.7.